The maximum atomic E-state index is 12.5. The van der Waals surface area contributed by atoms with Crippen molar-refractivity contribution in [1.82, 2.24) is 15.5 Å². The van der Waals surface area contributed by atoms with Crippen LogP contribution in [0.2, 0.25) is 5.02 Å². The second-order valence-electron chi connectivity index (χ2n) is 8.62. The predicted molar refractivity (Wildman–Crippen MR) is 120 cm³/mol. The van der Waals surface area contributed by atoms with Crippen molar-refractivity contribution < 1.29 is 14.3 Å². The Balaban J connectivity index is 1.12. The van der Waals surface area contributed by atoms with Crippen molar-refractivity contribution in [2.75, 3.05) is 20.2 Å². The smallest absolute Gasteiger partial charge is 0.315 e. The summed E-state index contributed by atoms with van der Waals surface area (Å²) < 4.78 is 5.14. The van der Waals surface area contributed by atoms with Gasteiger partial charge in [0.2, 0.25) is 5.91 Å². The highest BCUT2D eigenvalue weighted by Gasteiger charge is 2.53. The van der Waals surface area contributed by atoms with Crippen LogP contribution in [-0.2, 0) is 17.8 Å². The van der Waals surface area contributed by atoms with E-state index in [9.17, 15) is 9.59 Å². The molecule has 1 aliphatic carbocycles. The molecule has 0 unspecified atom stereocenters. The number of urea groups is 1. The lowest BCUT2D eigenvalue weighted by atomic mass is 9.60. The van der Waals surface area contributed by atoms with Crippen LogP contribution < -0.4 is 15.4 Å². The molecule has 164 valence electrons. The van der Waals surface area contributed by atoms with E-state index in [1.165, 1.54) is 0 Å². The number of nitrogens with one attached hydrogen (secondary N) is 2. The molecule has 6 nitrogen and oxygen atoms in total. The topological polar surface area (TPSA) is 70.7 Å². The van der Waals surface area contributed by atoms with E-state index in [0.717, 1.165) is 42.8 Å². The van der Waals surface area contributed by atoms with Crippen molar-refractivity contribution in [1.29, 1.82) is 0 Å². The molecule has 0 atom stereocenters. The minimum Gasteiger partial charge on any atom is -0.497 e. The number of hydrogen-bond donors (Lipinski definition) is 2. The van der Waals surface area contributed by atoms with E-state index in [2.05, 4.69) is 10.6 Å². The van der Waals surface area contributed by atoms with Gasteiger partial charge >= 0.3 is 6.03 Å². The quantitative estimate of drug-likeness (QED) is 0.687. The number of carbonyl (C=O) groups is 2. The zero-order valence-corrected chi connectivity index (χ0v) is 18.5. The van der Waals surface area contributed by atoms with E-state index in [0.29, 0.717) is 24.4 Å². The first-order valence-electron chi connectivity index (χ1n) is 10.6. The normalized spacial score (nSPS) is 16.9. The summed E-state index contributed by atoms with van der Waals surface area (Å²) >= 11 is 6.17. The third kappa shape index (κ3) is 5.13. The number of carbonyl (C=O) groups excluding carboxylic acids is 2. The third-order valence-electron chi connectivity index (χ3n) is 6.28. The van der Waals surface area contributed by atoms with Gasteiger partial charge in [-0.05, 0) is 48.6 Å². The molecule has 1 heterocycles. The molecule has 2 fully saturated rings. The highest BCUT2D eigenvalue weighted by atomic mass is 35.5. The highest BCUT2D eigenvalue weighted by Crippen LogP contribution is 2.48. The molecule has 7 heteroatoms. The number of likely N-dealkylation sites (tertiary alicyclic amines) is 1. The number of nitrogens with zero attached hydrogens (tertiary/aromatic N) is 1. The molecule has 0 aromatic heterocycles. The Labute approximate surface area is 187 Å². The lowest BCUT2D eigenvalue weighted by molar-refractivity contribution is -0.151. The van der Waals surface area contributed by atoms with Crippen molar-refractivity contribution >= 4 is 23.5 Å². The Bertz CT molecular complexity index is 933. The Morgan fingerprint density at radius 1 is 1.13 bits per heavy atom. The van der Waals surface area contributed by atoms with Crippen LogP contribution in [0.25, 0.3) is 0 Å². The fourth-order valence-electron chi connectivity index (χ4n) is 4.55. The fraction of sp³-hybridized carbons (Fsp3) is 0.417. The van der Waals surface area contributed by atoms with Crippen LogP contribution in [0.1, 0.15) is 30.4 Å². The molecule has 2 aliphatic rings. The Morgan fingerprint density at radius 3 is 2.52 bits per heavy atom. The van der Waals surface area contributed by atoms with Gasteiger partial charge in [-0.2, -0.15) is 0 Å². The van der Waals surface area contributed by atoms with Crippen molar-refractivity contribution in [3.63, 3.8) is 0 Å². The van der Waals surface area contributed by atoms with Crippen molar-refractivity contribution in [2.24, 2.45) is 5.41 Å². The monoisotopic (exact) mass is 441 g/mol. The largest absolute Gasteiger partial charge is 0.497 e. The van der Waals surface area contributed by atoms with E-state index in [4.69, 9.17) is 16.3 Å². The van der Waals surface area contributed by atoms with Gasteiger partial charge in [0.1, 0.15) is 5.75 Å². The molecule has 0 radical (unpaired) electrons. The van der Waals surface area contributed by atoms with Gasteiger partial charge in [0.25, 0.3) is 0 Å². The minimum atomic E-state index is -0.150. The first kappa shape index (κ1) is 21.5. The summed E-state index contributed by atoms with van der Waals surface area (Å²) in [7, 11) is 1.63. The second kappa shape index (κ2) is 9.18. The number of amides is 3. The number of rotatable bonds is 7. The number of methoxy groups -OCH3 is 1. The van der Waals surface area contributed by atoms with Gasteiger partial charge in [-0.25, -0.2) is 4.79 Å². The first-order valence-corrected chi connectivity index (χ1v) is 11.0. The fourth-order valence-corrected chi connectivity index (χ4v) is 4.78. The maximum absolute atomic E-state index is 12.5. The van der Waals surface area contributed by atoms with Crippen LogP contribution in [-0.4, -0.2) is 43.1 Å². The van der Waals surface area contributed by atoms with Crippen LogP contribution in [0.5, 0.6) is 5.75 Å². The summed E-state index contributed by atoms with van der Waals surface area (Å²) in [5.74, 6) is 0.976. The number of benzene rings is 2. The van der Waals surface area contributed by atoms with Crippen LogP contribution in [0.3, 0.4) is 0 Å². The van der Waals surface area contributed by atoms with Crippen LogP contribution in [0, 0.1) is 5.41 Å². The summed E-state index contributed by atoms with van der Waals surface area (Å²) in [5, 5.41) is 6.65. The lowest BCUT2D eigenvalue weighted by Crippen LogP contribution is -2.68. The molecule has 1 saturated heterocycles. The molecule has 31 heavy (non-hydrogen) atoms. The first-order chi connectivity index (χ1) is 15.0. The summed E-state index contributed by atoms with van der Waals surface area (Å²) in [6.07, 6.45) is 3.00. The second-order valence-corrected chi connectivity index (χ2v) is 9.03. The molecule has 2 N–H and O–H groups in total. The molecule has 1 aliphatic heterocycles. The molecule has 3 amide bonds. The SMILES string of the molecule is COc1ccc(CNC(=O)NC2CC3(C2)CN(C(=O)CCc2ccccc2Cl)C3)cc1. The van der Waals surface area contributed by atoms with Crippen molar-refractivity contribution in [3.05, 3.63) is 64.7 Å². The van der Waals surface area contributed by atoms with Gasteiger partial charge in [0.15, 0.2) is 0 Å². The molecule has 1 saturated carbocycles. The molecule has 2 aromatic rings. The molecule has 2 aromatic carbocycles. The standard InChI is InChI=1S/C24H28ClN3O3/c1-31-20-9-6-17(7-10-20)14-26-23(30)27-19-12-24(13-19)15-28(16-24)22(29)11-8-18-4-2-3-5-21(18)25/h2-7,9-10,19H,8,11-16H2,1H3,(H2,26,27,30). The van der Waals surface area contributed by atoms with E-state index in [-0.39, 0.29) is 23.4 Å². The molecular formula is C24H28ClN3O3. The van der Waals surface area contributed by atoms with Crippen molar-refractivity contribution in [2.45, 2.75) is 38.3 Å². The van der Waals surface area contributed by atoms with Crippen molar-refractivity contribution in [3.8, 4) is 5.75 Å². The summed E-state index contributed by atoms with van der Waals surface area (Å²) in [4.78, 5) is 26.5. The number of aryl methyl sites for hydroxylation is 1. The van der Waals surface area contributed by atoms with Crippen LogP contribution in [0.4, 0.5) is 4.79 Å². The summed E-state index contributed by atoms with van der Waals surface area (Å²) in [5.41, 5.74) is 2.22. The summed E-state index contributed by atoms with van der Waals surface area (Å²) in [6, 6.07) is 15.3. The zero-order chi connectivity index (χ0) is 21.8. The van der Waals surface area contributed by atoms with Crippen LogP contribution >= 0.6 is 11.6 Å². The number of halogens is 1. The van der Waals surface area contributed by atoms with Gasteiger partial charge < -0.3 is 20.3 Å². The van der Waals surface area contributed by atoms with Gasteiger partial charge in [0, 0.05) is 42.5 Å². The molecule has 0 bridgehead atoms. The summed E-state index contributed by atoms with van der Waals surface area (Å²) in [6.45, 7) is 2.06. The Hall–Kier alpha value is -2.73. The van der Waals surface area contributed by atoms with Gasteiger partial charge in [-0.15, -0.1) is 0 Å². The van der Waals surface area contributed by atoms with Gasteiger partial charge in [-0.1, -0.05) is 41.9 Å². The van der Waals surface area contributed by atoms with Gasteiger partial charge in [-0.3, -0.25) is 4.79 Å². The van der Waals surface area contributed by atoms with E-state index in [1.807, 2.05) is 53.4 Å². The maximum Gasteiger partial charge on any atom is 0.315 e. The average Bonchev–Trinajstić information content (AvgIpc) is 2.72. The molecule has 1 spiro atoms. The average molecular weight is 442 g/mol. The molecular weight excluding hydrogens is 414 g/mol. The van der Waals surface area contributed by atoms with E-state index < -0.39 is 0 Å². The minimum absolute atomic E-state index is 0.150. The third-order valence-corrected chi connectivity index (χ3v) is 6.65. The Morgan fingerprint density at radius 2 is 1.84 bits per heavy atom. The number of ether oxygens (including phenoxy) is 1. The highest BCUT2D eigenvalue weighted by molar-refractivity contribution is 6.31. The van der Waals surface area contributed by atoms with E-state index >= 15 is 0 Å². The Kier molecular flexibility index (Phi) is 6.37. The van der Waals surface area contributed by atoms with Gasteiger partial charge in [0.05, 0.1) is 7.11 Å². The molecule has 4 rings (SSSR count). The zero-order valence-electron chi connectivity index (χ0n) is 17.7. The lowest BCUT2D eigenvalue weighted by Gasteiger charge is -2.59. The predicted octanol–water partition coefficient (Wildman–Crippen LogP) is 3.77. The number of hydrogen-bond acceptors (Lipinski definition) is 3. The van der Waals surface area contributed by atoms with E-state index in [1.54, 1.807) is 7.11 Å². The van der Waals surface area contributed by atoms with Crippen LogP contribution in [0.15, 0.2) is 48.5 Å².